The van der Waals surface area contributed by atoms with Gasteiger partial charge in [0.2, 0.25) is 0 Å². The van der Waals surface area contributed by atoms with Gasteiger partial charge in [-0.05, 0) is 36.5 Å². The lowest BCUT2D eigenvalue weighted by Crippen LogP contribution is -2.29. The van der Waals surface area contributed by atoms with E-state index in [0.29, 0.717) is 6.04 Å². The van der Waals surface area contributed by atoms with E-state index in [2.05, 4.69) is 64.2 Å². The van der Waals surface area contributed by atoms with E-state index in [1.54, 1.807) is 0 Å². The summed E-state index contributed by atoms with van der Waals surface area (Å²) in [5.41, 5.74) is 1.55. The first-order valence-electron chi connectivity index (χ1n) is 6.90. The van der Waals surface area contributed by atoms with Gasteiger partial charge in [0.1, 0.15) is 12.4 Å². The minimum atomic E-state index is 0.205. The molecule has 0 bridgehead atoms. The molecule has 0 aliphatic carbocycles. The Hall–Kier alpha value is -1.02. The molecule has 1 N–H and O–H groups in total. The van der Waals surface area contributed by atoms with Gasteiger partial charge in [0.25, 0.3) is 0 Å². The molecule has 18 heavy (non-hydrogen) atoms. The van der Waals surface area contributed by atoms with Crippen molar-refractivity contribution in [3.05, 3.63) is 29.8 Å². The van der Waals surface area contributed by atoms with Crippen molar-refractivity contribution in [3.8, 4) is 5.75 Å². The summed E-state index contributed by atoms with van der Waals surface area (Å²) in [7, 11) is 0. The second kappa shape index (κ2) is 6.79. The third-order valence-electron chi connectivity index (χ3n) is 3.20. The summed E-state index contributed by atoms with van der Waals surface area (Å²) >= 11 is 0. The van der Waals surface area contributed by atoms with Crippen molar-refractivity contribution >= 4 is 0 Å². The van der Waals surface area contributed by atoms with Crippen LogP contribution in [0.25, 0.3) is 0 Å². The molecule has 2 nitrogen and oxygen atoms in total. The molecule has 0 aliphatic heterocycles. The highest BCUT2D eigenvalue weighted by molar-refractivity contribution is 5.31. The lowest BCUT2D eigenvalue weighted by Gasteiger charge is -2.19. The molecule has 1 rings (SSSR count). The molecule has 0 amide bonds. The quantitative estimate of drug-likeness (QED) is 0.775. The van der Waals surface area contributed by atoms with Crippen LogP contribution in [0.1, 0.15) is 46.6 Å². The zero-order valence-electron chi connectivity index (χ0n) is 12.4. The fourth-order valence-electron chi connectivity index (χ4n) is 1.67. The molecule has 0 heterocycles. The summed E-state index contributed by atoms with van der Waals surface area (Å²) in [4.78, 5) is 0. The van der Waals surface area contributed by atoms with Crippen molar-refractivity contribution in [3.63, 3.8) is 0 Å². The molecule has 2 heteroatoms. The molecule has 1 aromatic carbocycles. The highest BCUT2D eigenvalue weighted by Gasteiger charge is 2.12. The molecule has 1 aromatic rings. The first-order valence-corrected chi connectivity index (χ1v) is 6.90. The fraction of sp³-hybridized carbons (Fsp3) is 0.625. The predicted octanol–water partition coefficient (Wildman–Crippen LogP) is 3.75. The van der Waals surface area contributed by atoms with E-state index in [1.165, 1.54) is 5.56 Å². The minimum Gasteiger partial charge on any atom is -0.492 e. The van der Waals surface area contributed by atoms with Gasteiger partial charge in [-0.25, -0.2) is 0 Å². The van der Waals surface area contributed by atoms with E-state index in [9.17, 15) is 0 Å². The SMILES string of the molecule is CCC(C)NCCOc1ccc(C(C)(C)C)cc1. The molecule has 0 saturated heterocycles. The van der Waals surface area contributed by atoms with Crippen LogP contribution in [0.4, 0.5) is 0 Å². The van der Waals surface area contributed by atoms with E-state index in [-0.39, 0.29) is 5.41 Å². The maximum absolute atomic E-state index is 5.71. The van der Waals surface area contributed by atoms with Crippen LogP contribution in [0.3, 0.4) is 0 Å². The lowest BCUT2D eigenvalue weighted by molar-refractivity contribution is 0.306. The topological polar surface area (TPSA) is 21.3 Å². The highest BCUT2D eigenvalue weighted by Crippen LogP contribution is 2.24. The molecular formula is C16H27NO. The Labute approximate surface area is 112 Å². The van der Waals surface area contributed by atoms with E-state index < -0.39 is 0 Å². The number of rotatable bonds is 6. The largest absolute Gasteiger partial charge is 0.492 e. The summed E-state index contributed by atoms with van der Waals surface area (Å²) in [5.74, 6) is 0.953. The summed E-state index contributed by atoms with van der Waals surface area (Å²) in [6, 6.07) is 8.99. The van der Waals surface area contributed by atoms with E-state index in [4.69, 9.17) is 4.74 Å². The van der Waals surface area contributed by atoms with Gasteiger partial charge in [0.15, 0.2) is 0 Å². The Morgan fingerprint density at radius 3 is 2.28 bits per heavy atom. The van der Waals surface area contributed by atoms with Crippen molar-refractivity contribution in [1.82, 2.24) is 5.32 Å². The fourth-order valence-corrected chi connectivity index (χ4v) is 1.67. The van der Waals surface area contributed by atoms with Crippen molar-refractivity contribution in [2.75, 3.05) is 13.2 Å². The van der Waals surface area contributed by atoms with Crippen molar-refractivity contribution in [2.24, 2.45) is 0 Å². The van der Waals surface area contributed by atoms with Crippen LogP contribution in [0.2, 0.25) is 0 Å². The van der Waals surface area contributed by atoms with Gasteiger partial charge < -0.3 is 10.1 Å². The van der Waals surface area contributed by atoms with E-state index in [0.717, 1.165) is 25.3 Å². The van der Waals surface area contributed by atoms with Crippen molar-refractivity contribution in [1.29, 1.82) is 0 Å². The monoisotopic (exact) mass is 249 g/mol. The molecule has 0 aliphatic rings. The Morgan fingerprint density at radius 1 is 1.17 bits per heavy atom. The maximum atomic E-state index is 5.71. The molecule has 0 fully saturated rings. The van der Waals surface area contributed by atoms with Gasteiger partial charge in [0, 0.05) is 12.6 Å². The average molecular weight is 249 g/mol. The first kappa shape index (κ1) is 15.0. The van der Waals surface area contributed by atoms with E-state index in [1.807, 2.05) is 0 Å². The number of benzene rings is 1. The van der Waals surface area contributed by atoms with E-state index >= 15 is 0 Å². The summed E-state index contributed by atoms with van der Waals surface area (Å²) in [6.07, 6.45) is 1.15. The van der Waals surface area contributed by atoms with Gasteiger partial charge in [-0.3, -0.25) is 0 Å². The molecule has 102 valence electrons. The minimum absolute atomic E-state index is 0.205. The van der Waals surface area contributed by atoms with Crippen LogP contribution in [0.15, 0.2) is 24.3 Å². The third kappa shape index (κ3) is 5.09. The zero-order chi connectivity index (χ0) is 13.6. The summed E-state index contributed by atoms with van der Waals surface area (Å²) < 4.78 is 5.71. The molecular weight excluding hydrogens is 222 g/mol. The Bertz CT molecular complexity index is 337. The van der Waals surface area contributed by atoms with Gasteiger partial charge in [0.05, 0.1) is 0 Å². The summed E-state index contributed by atoms with van der Waals surface area (Å²) in [6.45, 7) is 12.7. The lowest BCUT2D eigenvalue weighted by atomic mass is 9.87. The molecule has 0 radical (unpaired) electrons. The van der Waals surface area contributed by atoms with Crippen LogP contribution < -0.4 is 10.1 Å². The maximum Gasteiger partial charge on any atom is 0.119 e. The number of ether oxygens (including phenoxy) is 1. The normalized spacial score (nSPS) is 13.4. The molecule has 0 aromatic heterocycles. The van der Waals surface area contributed by atoms with Crippen molar-refractivity contribution in [2.45, 2.75) is 52.5 Å². The highest BCUT2D eigenvalue weighted by atomic mass is 16.5. The smallest absolute Gasteiger partial charge is 0.119 e. The van der Waals surface area contributed by atoms with Crippen LogP contribution in [0.5, 0.6) is 5.75 Å². The third-order valence-corrected chi connectivity index (χ3v) is 3.20. The molecule has 1 atom stereocenters. The van der Waals surface area contributed by atoms with Crippen molar-refractivity contribution < 1.29 is 4.74 Å². The molecule has 1 unspecified atom stereocenters. The Morgan fingerprint density at radius 2 is 1.78 bits per heavy atom. The Balaban J connectivity index is 2.36. The van der Waals surface area contributed by atoms with Gasteiger partial charge in [-0.1, -0.05) is 39.8 Å². The number of nitrogens with one attached hydrogen (secondary N) is 1. The van der Waals surface area contributed by atoms with Crippen LogP contribution in [0, 0.1) is 0 Å². The van der Waals surface area contributed by atoms with Crippen LogP contribution in [-0.2, 0) is 5.41 Å². The first-order chi connectivity index (χ1) is 8.43. The number of hydrogen-bond acceptors (Lipinski definition) is 2. The summed E-state index contributed by atoms with van der Waals surface area (Å²) in [5, 5.41) is 3.41. The second-order valence-electron chi connectivity index (χ2n) is 5.89. The Kier molecular flexibility index (Phi) is 5.67. The average Bonchev–Trinajstić information content (AvgIpc) is 2.33. The van der Waals surface area contributed by atoms with Crippen LogP contribution in [-0.4, -0.2) is 19.2 Å². The van der Waals surface area contributed by atoms with Crippen LogP contribution >= 0.6 is 0 Å². The second-order valence-corrected chi connectivity index (χ2v) is 5.89. The van der Waals surface area contributed by atoms with Gasteiger partial charge >= 0.3 is 0 Å². The zero-order valence-corrected chi connectivity index (χ0v) is 12.4. The molecule has 0 saturated carbocycles. The van der Waals surface area contributed by atoms with Gasteiger partial charge in [-0.2, -0.15) is 0 Å². The van der Waals surface area contributed by atoms with Gasteiger partial charge in [-0.15, -0.1) is 0 Å². The standard InChI is InChI=1S/C16H27NO/c1-6-13(2)17-11-12-18-15-9-7-14(8-10-15)16(3,4)5/h7-10,13,17H,6,11-12H2,1-5H3. The number of hydrogen-bond donors (Lipinski definition) is 1. The molecule has 0 spiro atoms. The predicted molar refractivity (Wildman–Crippen MR) is 78.4 cm³/mol.